The average molecular weight is 187 g/mol. The van der Waals surface area contributed by atoms with Gasteiger partial charge in [0, 0.05) is 19.5 Å². The number of fused-ring (bicyclic) bond motifs is 1. The highest BCUT2D eigenvalue weighted by atomic mass is 15.1. The van der Waals surface area contributed by atoms with Crippen molar-refractivity contribution in [2.75, 3.05) is 24.7 Å². The van der Waals surface area contributed by atoms with Gasteiger partial charge in [0.1, 0.15) is 0 Å². The summed E-state index contributed by atoms with van der Waals surface area (Å²) < 4.78 is 0. The average Bonchev–Trinajstić information content (AvgIpc) is 2.17. The molecule has 3 heteroatoms. The van der Waals surface area contributed by atoms with Crippen LogP contribution in [0.4, 0.5) is 11.4 Å². The second-order valence-corrected chi connectivity index (χ2v) is 3.51. The largest absolute Gasteiger partial charge is 0.397 e. The van der Waals surface area contributed by atoms with Gasteiger partial charge in [-0.3, -0.25) is 4.98 Å². The molecule has 2 aromatic rings. The maximum absolute atomic E-state index is 5.81. The smallest absolute Gasteiger partial charge is 0.0932 e. The van der Waals surface area contributed by atoms with Crippen molar-refractivity contribution in [2.45, 2.75) is 0 Å². The molecule has 0 aliphatic carbocycles. The van der Waals surface area contributed by atoms with E-state index in [1.54, 1.807) is 0 Å². The van der Waals surface area contributed by atoms with E-state index in [0.717, 1.165) is 22.3 Å². The number of hydrogen-bond acceptors (Lipinski definition) is 3. The Bertz CT molecular complexity index is 463. The van der Waals surface area contributed by atoms with Gasteiger partial charge in [-0.25, -0.2) is 0 Å². The quantitative estimate of drug-likeness (QED) is 0.693. The summed E-state index contributed by atoms with van der Waals surface area (Å²) in [6.45, 7) is 0. The monoisotopic (exact) mass is 187 g/mol. The molecule has 1 heterocycles. The van der Waals surface area contributed by atoms with Crippen molar-refractivity contribution in [3.05, 3.63) is 30.5 Å². The van der Waals surface area contributed by atoms with Crippen molar-refractivity contribution in [1.29, 1.82) is 0 Å². The van der Waals surface area contributed by atoms with Crippen LogP contribution in [0, 0.1) is 0 Å². The van der Waals surface area contributed by atoms with Crippen molar-refractivity contribution < 1.29 is 0 Å². The molecule has 0 atom stereocenters. The highest BCUT2D eigenvalue weighted by Gasteiger charge is 2.01. The Morgan fingerprint density at radius 1 is 1.29 bits per heavy atom. The molecular weight excluding hydrogens is 174 g/mol. The molecule has 1 aromatic heterocycles. The number of nitrogens with zero attached hydrogens (tertiary/aromatic N) is 2. The predicted octanol–water partition coefficient (Wildman–Crippen LogP) is 1.88. The van der Waals surface area contributed by atoms with Crippen LogP contribution in [0.25, 0.3) is 10.9 Å². The molecule has 14 heavy (non-hydrogen) atoms. The molecular formula is C11H13N3. The van der Waals surface area contributed by atoms with E-state index in [1.807, 2.05) is 43.4 Å². The number of aromatic nitrogens is 1. The van der Waals surface area contributed by atoms with E-state index in [2.05, 4.69) is 11.1 Å². The zero-order chi connectivity index (χ0) is 10.1. The molecule has 0 unspecified atom stereocenters. The first-order valence-electron chi connectivity index (χ1n) is 4.50. The summed E-state index contributed by atoms with van der Waals surface area (Å²) in [6.07, 6.45) is 1.83. The number of para-hydroxylation sites is 1. The van der Waals surface area contributed by atoms with Gasteiger partial charge in [0.05, 0.1) is 23.1 Å². The lowest BCUT2D eigenvalue weighted by molar-refractivity contribution is 1.12. The topological polar surface area (TPSA) is 42.2 Å². The second-order valence-electron chi connectivity index (χ2n) is 3.51. The SMILES string of the molecule is CN(C)c1cnc2c(N)cccc2c1. The summed E-state index contributed by atoms with van der Waals surface area (Å²) in [5.41, 5.74) is 8.50. The Morgan fingerprint density at radius 3 is 2.79 bits per heavy atom. The Balaban J connectivity index is 2.67. The van der Waals surface area contributed by atoms with E-state index in [4.69, 9.17) is 5.73 Å². The van der Waals surface area contributed by atoms with Gasteiger partial charge in [0.15, 0.2) is 0 Å². The van der Waals surface area contributed by atoms with Crippen LogP contribution >= 0.6 is 0 Å². The van der Waals surface area contributed by atoms with E-state index in [1.165, 1.54) is 0 Å². The predicted molar refractivity (Wildman–Crippen MR) is 60.5 cm³/mol. The van der Waals surface area contributed by atoms with Crippen molar-refractivity contribution in [3.8, 4) is 0 Å². The zero-order valence-electron chi connectivity index (χ0n) is 8.36. The molecule has 0 spiro atoms. The van der Waals surface area contributed by atoms with E-state index in [0.29, 0.717) is 0 Å². The maximum atomic E-state index is 5.81. The number of nitrogen functional groups attached to an aromatic ring is 1. The van der Waals surface area contributed by atoms with Gasteiger partial charge in [0.25, 0.3) is 0 Å². The molecule has 1 aromatic carbocycles. The highest BCUT2D eigenvalue weighted by Crippen LogP contribution is 2.22. The number of nitrogens with two attached hydrogens (primary N) is 1. The number of anilines is 2. The first kappa shape index (κ1) is 8.81. The zero-order valence-corrected chi connectivity index (χ0v) is 8.36. The summed E-state index contributed by atoms with van der Waals surface area (Å²) >= 11 is 0. The summed E-state index contributed by atoms with van der Waals surface area (Å²) in [5.74, 6) is 0. The van der Waals surface area contributed by atoms with Crippen LogP contribution in [0.2, 0.25) is 0 Å². The van der Waals surface area contributed by atoms with E-state index in [9.17, 15) is 0 Å². The van der Waals surface area contributed by atoms with Crippen molar-refractivity contribution in [1.82, 2.24) is 4.98 Å². The molecule has 3 nitrogen and oxygen atoms in total. The molecule has 2 rings (SSSR count). The lowest BCUT2D eigenvalue weighted by Gasteiger charge is -2.12. The molecule has 2 N–H and O–H groups in total. The van der Waals surface area contributed by atoms with E-state index >= 15 is 0 Å². The molecule has 0 bridgehead atoms. The van der Waals surface area contributed by atoms with Crippen molar-refractivity contribution in [2.24, 2.45) is 0 Å². The second kappa shape index (κ2) is 3.18. The van der Waals surface area contributed by atoms with Gasteiger partial charge < -0.3 is 10.6 Å². The number of benzene rings is 1. The molecule has 0 aliphatic rings. The highest BCUT2D eigenvalue weighted by molar-refractivity contribution is 5.90. The molecule has 0 aliphatic heterocycles. The first-order chi connectivity index (χ1) is 6.68. The maximum Gasteiger partial charge on any atom is 0.0932 e. The van der Waals surface area contributed by atoms with Crippen LogP contribution < -0.4 is 10.6 Å². The lowest BCUT2D eigenvalue weighted by atomic mass is 10.2. The summed E-state index contributed by atoms with van der Waals surface area (Å²) in [6, 6.07) is 7.91. The van der Waals surface area contributed by atoms with Crippen LogP contribution in [0.5, 0.6) is 0 Å². The van der Waals surface area contributed by atoms with Crippen LogP contribution in [-0.2, 0) is 0 Å². The van der Waals surface area contributed by atoms with Crippen LogP contribution in [-0.4, -0.2) is 19.1 Å². The van der Waals surface area contributed by atoms with Gasteiger partial charge in [-0.05, 0) is 12.1 Å². The van der Waals surface area contributed by atoms with Gasteiger partial charge >= 0.3 is 0 Å². The van der Waals surface area contributed by atoms with Crippen molar-refractivity contribution in [3.63, 3.8) is 0 Å². The van der Waals surface area contributed by atoms with Gasteiger partial charge in [-0.1, -0.05) is 12.1 Å². The fourth-order valence-corrected chi connectivity index (χ4v) is 1.42. The van der Waals surface area contributed by atoms with Crippen LogP contribution in [0.1, 0.15) is 0 Å². The fourth-order valence-electron chi connectivity index (χ4n) is 1.42. The minimum Gasteiger partial charge on any atom is -0.397 e. The van der Waals surface area contributed by atoms with E-state index < -0.39 is 0 Å². The summed E-state index contributed by atoms with van der Waals surface area (Å²) in [4.78, 5) is 6.36. The molecule has 0 fully saturated rings. The molecule has 0 saturated heterocycles. The third kappa shape index (κ3) is 1.37. The Morgan fingerprint density at radius 2 is 2.07 bits per heavy atom. The van der Waals surface area contributed by atoms with Crippen molar-refractivity contribution >= 4 is 22.3 Å². The Kier molecular flexibility index (Phi) is 2.00. The number of pyridine rings is 1. The van der Waals surface area contributed by atoms with Gasteiger partial charge in [-0.15, -0.1) is 0 Å². The Labute approximate surface area is 83.2 Å². The standard InChI is InChI=1S/C11H13N3/c1-14(2)9-6-8-4-3-5-10(12)11(8)13-7-9/h3-7H,12H2,1-2H3. The summed E-state index contributed by atoms with van der Waals surface area (Å²) in [7, 11) is 3.99. The molecule has 72 valence electrons. The first-order valence-corrected chi connectivity index (χ1v) is 4.50. The molecule has 0 amide bonds. The lowest BCUT2D eigenvalue weighted by Crippen LogP contribution is -2.08. The normalized spacial score (nSPS) is 10.4. The van der Waals surface area contributed by atoms with Crippen LogP contribution in [0.15, 0.2) is 30.5 Å². The summed E-state index contributed by atoms with van der Waals surface area (Å²) in [5, 5.41) is 1.08. The number of hydrogen-bond donors (Lipinski definition) is 1. The van der Waals surface area contributed by atoms with Gasteiger partial charge in [-0.2, -0.15) is 0 Å². The minimum atomic E-state index is 0.729. The van der Waals surface area contributed by atoms with E-state index in [-0.39, 0.29) is 0 Å². The Hall–Kier alpha value is -1.77. The van der Waals surface area contributed by atoms with Crippen LogP contribution in [0.3, 0.4) is 0 Å². The number of rotatable bonds is 1. The fraction of sp³-hybridized carbons (Fsp3) is 0.182. The third-order valence-electron chi connectivity index (χ3n) is 2.24. The minimum absolute atomic E-state index is 0.729. The molecule has 0 saturated carbocycles. The molecule has 0 radical (unpaired) electrons. The third-order valence-corrected chi connectivity index (χ3v) is 2.24. The van der Waals surface area contributed by atoms with Gasteiger partial charge in [0.2, 0.25) is 0 Å².